The van der Waals surface area contributed by atoms with E-state index in [-0.39, 0.29) is 12.4 Å². The number of amides is 1. The molecule has 0 aliphatic heterocycles. The summed E-state index contributed by atoms with van der Waals surface area (Å²) in [5.41, 5.74) is 4.23. The van der Waals surface area contributed by atoms with Gasteiger partial charge in [0.1, 0.15) is 10.6 Å². The molecule has 1 amide bonds. The van der Waals surface area contributed by atoms with Gasteiger partial charge in [0, 0.05) is 10.1 Å². The third-order valence-corrected chi connectivity index (χ3v) is 6.87. The molecule has 0 bridgehead atoms. The van der Waals surface area contributed by atoms with Gasteiger partial charge in [-0.05, 0) is 53.9 Å². The molecule has 0 atom stereocenters. The summed E-state index contributed by atoms with van der Waals surface area (Å²) in [6, 6.07) is 20.0. The number of esters is 1. The van der Waals surface area contributed by atoms with Crippen LogP contribution in [0.5, 0.6) is 17.2 Å². The molecule has 0 aliphatic rings. The molecule has 0 saturated carbocycles. The second kappa shape index (κ2) is 11.7. The number of nitrogens with one attached hydrogen (secondary N) is 1. The lowest BCUT2D eigenvalue weighted by Crippen LogP contribution is -2.24. The van der Waals surface area contributed by atoms with Gasteiger partial charge in [0.05, 0.1) is 18.3 Å². The lowest BCUT2D eigenvalue weighted by Gasteiger charge is -2.09. The molecule has 9 heteroatoms. The summed E-state index contributed by atoms with van der Waals surface area (Å²) >= 11 is 7.65. The third-order valence-electron chi connectivity index (χ3n) is 5.22. The number of aryl methyl sites for hydroxylation is 1. The molecule has 1 N–H and O–H groups in total. The molecule has 0 spiro atoms. The number of halogens is 1. The fraction of sp³-hybridized carbons (Fsp3) is 0.148. The lowest BCUT2D eigenvalue weighted by molar-refractivity contribution is -0.123. The first kappa shape index (κ1) is 25.2. The van der Waals surface area contributed by atoms with Gasteiger partial charge in [0.25, 0.3) is 5.91 Å². The predicted octanol–water partition coefficient (Wildman–Crippen LogP) is 5.87. The van der Waals surface area contributed by atoms with E-state index in [2.05, 4.69) is 17.5 Å². The Morgan fingerprint density at radius 3 is 2.56 bits per heavy atom. The van der Waals surface area contributed by atoms with Crippen molar-refractivity contribution in [3.63, 3.8) is 0 Å². The molecule has 36 heavy (non-hydrogen) atoms. The minimum atomic E-state index is -0.572. The van der Waals surface area contributed by atoms with Crippen molar-refractivity contribution >= 4 is 51.1 Å². The van der Waals surface area contributed by atoms with Gasteiger partial charge in [-0.15, -0.1) is 11.3 Å². The highest BCUT2D eigenvalue weighted by Crippen LogP contribution is 2.37. The van der Waals surface area contributed by atoms with E-state index >= 15 is 0 Å². The number of thiophene rings is 1. The van der Waals surface area contributed by atoms with Crippen molar-refractivity contribution in [2.45, 2.75) is 13.3 Å². The largest absolute Gasteiger partial charge is 0.493 e. The highest BCUT2D eigenvalue weighted by atomic mass is 35.5. The van der Waals surface area contributed by atoms with Gasteiger partial charge in [-0.3, -0.25) is 4.79 Å². The Morgan fingerprint density at radius 1 is 1.06 bits per heavy atom. The van der Waals surface area contributed by atoms with Crippen LogP contribution in [0.1, 0.15) is 27.7 Å². The molecule has 0 fully saturated rings. The number of hydrazone groups is 1. The fourth-order valence-electron chi connectivity index (χ4n) is 3.32. The van der Waals surface area contributed by atoms with Crippen LogP contribution >= 0.6 is 22.9 Å². The van der Waals surface area contributed by atoms with Crippen molar-refractivity contribution in [3.8, 4) is 17.2 Å². The van der Waals surface area contributed by atoms with Crippen LogP contribution in [0.25, 0.3) is 10.1 Å². The Kier molecular flexibility index (Phi) is 8.20. The Bertz CT molecular complexity index is 1420. The summed E-state index contributed by atoms with van der Waals surface area (Å²) in [5.74, 6) is 0.202. The number of hydrogen-bond donors (Lipinski definition) is 1. The number of rotatable bonds is 9. The number of methoxy groups -OCH3 is 1. The van der Waals surface area contributed by atoms with E-state index in [1.54, 1.807) is 18.2 Å². The first-order chi connectivity index (χ1) is 17.5. The molecule has 1 heterocycles. The molecule has 184 valence electrons. The number of ether oxygens (including phenoxy) is 3. The summed E-state index contributed by atoms with van der Waals surface area (Å²) in [6.07, 6.45) is 2.38. The molecule has 7 nitrogen and oxygen atoms in total. The maximum Gasteiger partial charge on any atom is 0.355 e. The zero-order valence-electron chi connectivity index (χ0n) is 19.6. The average molecular weight is 523 g/mol. The number of hydrogen-bond acceptors (Lipinski definition) is 7. The van der Waals surface area contributed by atoms with Crippen molar-refractivity contribution in [1.82, 2.24) is 5.43 Å². The minimum Gasteiger partial charge on any atom is -0.493 e. The minimum absolute atomic E-state index is 0.165. The average Bonchev–Trinajstić information content (AvgIpc) is 3.25. The van der Waals surface area contributed by atoms with Gasteiger partial charge in [-0.25, -0.2) is 10.2 Å². The SMILES string of the molecule is CCc1ccc(OCC(=O)NN=Cc2ccc(OC(=O)c3sc4ccccc4c3Cl)c(OC)c2)cc1. The maximum atomic E-state index is 12.8. The van der Waals surface area contributed by atoms with Gasteiger partial charge in [-0.2, -0.15) is 5.10 Å². The Morgan fingerprint density at radius 2 is 1.83 bits per heavy atom. The summed E-state index contributed by atoms with van der Waals surface area (Å²) in [5, 5.41) is 5.11. The Labute approximate surface area is 217 Å². The molecule has 3 aromatic carbocycles. The van der Waals surface area contributed by atoms with Crippen LogP contribution in [0.3, 0.4) is 0 Å². The number of benzene rings is 3. The van der Waals surface area contributed by atoms with E-state index in [1.165, 1.54) is 30.2 Å². The normalized spacial score (nSPS) is 11.0. The van der Waals surface area contributed by atoms with E-state index in [4.69, 9.17) is 25.8 Å². The van der Waals surface area contributed by atoms with Crippen molar-refractivity contribution < 1.29 is 23.8 Å². The van der Waals surface area contributed by atoms with Crippen LogP contribution in [-0.2, 0) is 11.2 Å². The molecule has 1 aromatic heterocycles. The first-order valence-electron chi connectivity index (χ1n) is 11.1. The van der Waals surface area contributed by atoms with Crippen LogP contribution in [-0.4, -0.2) is 31.8 Å². The van der Waals surface area contributed by atoms with Crippen molar-refractivity contribution in [1.29, 1.82) is 0 Å². The van der Waals surface area contributed by atoms with Crippen LogP contribution < -0.4 is 19.6 Å². The zero-order chi connectivity index (χ0) is 25.5. The molecular weight excluding hydrogens is 500 g/mol. The predicted molar refractivity (Wildman–Crippen MR) is 142 cm³/mol. The van der Waals surface area contributed by atoms with E-state index in [0.29, 0.717) is 27.0 Å². The maximum absolute atomic E-state index is 12.8. The van der Waals surface area contributed by atoms with Gasteiger partial charge in [0.15, 0.2) is 18.1 Å². The zero-order valence-corrected chi connectivity index (χ0v) is 21.2. The lowest BCUT2D eigenvalue weighted by atomic mass is 10.2. The topological polar surface area (TPSA) is 86.2 Å². The summed E-state index contributed by atoms with van der Waals surface area (Å²) in [4.78, 5) is 25.1. The van der Waals surface area contributed by atoms with Gasteiger partial charge in [-0.1, -0.05) is 48.9 Å². The number of fused-ring (bicyclic) bond motifs is 1. The van der Waals surface area contributed by atoms with E-state index < -0.39 is 11.9 Å². The standard InChI is InChI=1S/C27H23ClN2O5S/c1-3-17-8-11-19(12-9-17)34-16-24(31)30-29-15-18-10-13-21(22(14-18)33-2)35-27(32)26-25(28)20-6-4-5-7-23(20)36-26/h4-15H,3,16H2,1-2H3,(H,30,31). The Balaban J connectivity index is 1.35. The first-order valence-corrected chi connectivity index (χ1v) is 12.3. The molecular formula is C27H23ClN2O5S. The van der Waals surface area contributed by atoms with Gasteiger partial charge in [0.2, 0.25) is 0 Å². The molecule has 0 unspecified atom stereocenters. The van der Waals surface area contributed by atoms with Crippen LogP contribution in [0.2, 0.25) is 5.02 Å². The summed E-state index contributed by atoms with van der Waals surface area (Å²) in [7, 11) is 1.46. The second-order valence-corrected chi connectivity index (χ2v) is 9.05. The number of nitrogens with zero attached hydrogens (tertiary/aromatic N) is 1. The smallest absolute Gasteiger partial charge is 0.355 e. The fourth-order valence-corrected chi connectivity index (χ4v) is 4.71. The van der Waals surface area contributed by atoms with E-state index in [1.807, 2.05) is 48.5 Å². The van der Waals surface area contributed by atoms with Crippen molar-refractivity contribution in [2.75, 3.05) is 13.7 Å². The molecule has 4 aromatic rings. The summed E-state index contributed by atoms with van der Waals surface area (Å²) in [6.45, 7) is 1.90. The molecule has 0 saturated heterocycles. The van der Waals surface area contributed by atoms with Gasteiger partial charge >= 0.3 is 5.97 Å². The molecule has 0 aliphatic carbocycles. The van der Waals surface area contributed by atoms with Crippen LogP contribution in [0, 0.1) is 0 Å². The number of carbonyl (C=O) groups excluding carboxylic acids is 2. The van der Waals surface area contributed by atoms with Crippen LogP contribution in [0.15, 0.2) is 71.8 Å². The third kappa shape index (κ3) is 6.02. The van der Waals surface area contributed by atoms with E-state index in [9.17, 15) is 9.59 Å². The highest BCUT2D eigenvalue weighted by molar-refractivity contribution is 7.21. The number of carbonyl (C=O) groups is 2. The van der Waals surface area contributed by atoms with Crippen LogP contribution in [0.4, 0.5) is 0 Å². The quantitative estimate of drug-likeness (QED) is 0.128. The molecule has 0 radical (unpaired) electrons. The second-order valence-electron chi connectivity index (χ2n) is 7.62. The van der Waals surface area contributed by atoms with Crippen molar-refractivity contribution in [3.05, 3.63) is 87.8 Å². The van der Waals surface area contributed by atoms with Crippen molar-refractivity contribution in [2.24, 2.45) is 5.10 Å². The monoisotopic (exact) mass is 522 g/mol. The Hall–Kier alpha value is -3.88. The summed E-state index contributed by atoms with van der Waals surface area (Å²) < 4.78 is 17.3. The van der Waals surface area contributed by atoms with E-state index in [0.717, 1.165) is 16.5 Å². The molecule has 4 rings (SSSR count). The van der Waals surface area contributed by atoms with Gasteiger partial charge < -0.3 is 14.2 Å². The highest BCUT2D eigenvalue weighted by Gasteiger charge is 2.20.